The summed E-state index contributed by atoms with van der Waals surface area (Å²) in [4.78, 5) is 14.3. The first kappa shape index (κ1) is 15.1. The second kappa shape index (κ2) is 5.41. The Balaban J connectivity index is 2.01. The summed E-state index contributed by atoms with van der Waals surface area (Å²) in [5, 5.41) is 10.9. The monoisotopic (exact) mass is 303 g/mol. The number of β-amino-alcohol motifs (C(OH)–C–C–N with tert-alkyl or cyclic N) is 1. The number of ether oxygens (including phenoxy) is 1. The summed E-state index contributed by atoms with van der Waals surface area (Å²) in [5.41, 5.74) is 3.73. The van der Waals surface area contributed by atoms with E-state index in [2.05, 4.69) is 0 Å². The first-order valence-electron chi connectivity index (χ1n) is 7.43. The number of furan rings is 1. The third-order valence-electron chi connectivity index (χ3n) is 4.50. The number of likely N-dealkylation sites (tertiary alicyclic amines) is 1. The molecule has 3 rings (SSSR count). The molecule has 0 unspecified atom stereocenters. The number of carbonyl (C=O) groups excluding carboxylic acids is 1. The minimum Gasteiger partial charge on any atom is -0.450 e. The Hall–Kier alpha value is -1.85. The van der Waals surface area contributed by atoms with Crippen molar-refractivity contribution in [3.63, 3.8) is 0 Å². The van der Waals surface area contributed by atoms with E-state index in [1.54, 1.807) is 12.0 Å². The molecular formula is C17H21NO4. The zero-order chi connectivity index (χ0) is 16.0. The van der Waals surface area contributed by atoms with Gasteiger partial charge in [0.1, 0.15) is 11.7 Å². The fourth-order valence-electron chi connectivity index (χ4n) is 3.18. The summed E-state index contributed by atoms with van der Waals surface area (Å²) in [6.07, 6.45) is -0.987. The van der Waals surface area contributed by atoms with Gasteiger partial charge in [-0.15, -0.1) is 0 Å². The van der Waals surface area contributed by atoms with E-state index in [0.29, 0.717) is 12.3 Å². The van der Waals surface area contributed by atoms with Crippen LogP contribution in [-0.4, -0.2) is 48.3 Å². The summed E-state index contributed by atoms with van der Waals surface area (Å²) in [5.74, 6) is 0.169. The highest BCUT2D eigenvalue weighted by atomic mass is 16.5. The molecule has 22 heavy (non-hydrogen) atoms. The summed E-state index contributed by atoms with van der Waals surface area (Å²) >= 11 is 0. The van der Waals surface area contributed by atoms with E-state index in [1.165, 1.54) is 0 Å². The molecule has 2 aromatic rings. The van der Waals surface area contributed by atoms with Crippen LogP contribution in [0.1, 0.15) is 27.2 Å². The minimum atomic E-state index is -0.651. The van der Waals surface area contributed by atoms with Gasteiger partial charge in [0, 0.05) is 31.1 Å². The second-order valence-corrected chi connectivity index (χ2v) is 6.01. The molecule has 0 saturated carbocycles. The quantitative estimate of drug-likeness (QED) is 0.924. The van der Waals surface area contributed by atoms with Gasteiger partial charge in [-0.25, -0.2) is 0 Å². The van der Waals surface area contributed by atoms with Crippen LogP contribution in [0.3, 0.4) is 0 Å². The van der Waals surface area contributed by atoms with E-state index in [-0.39, 0.29) is 18.6 Å². The van der Waals surface area contributed by atoms with Gasteiger partial charge in [-0.2, -0.15) is 0 Å². The van der Waals surface area contributed by atoms with Crippen LogP contribution in [0.2, 0.25) is 0 Å². The highest BCUT2D eigenvalue weighted by molar-refractivity contribution is 6.00. The number of aliphatic hydroxyl groups excluding tert-OH is 1. The molecule has 2 atom stereocenters. The van der Waals surface area contributed by atoms with E-state index in [0.717, 1.165) is 27.7 Å². The molecule has 1 aromatic heterocycles. The van der Waals surface area contributed by atoms with Crippen LogP contribution in [-0.2, 0) is 4.74 Å². The number of fused-ring (bicyclic) bond motifs is 1. The average Bonchev–Trinajstić information content (AvgIpc) is 3.04. The Kier molecular flexibility index (Phi) is 3.70. The lowest BCUT2D eigenvalue weighted by atomic mass is 10.0. The van der Waals surface area contributed by atoms with Crippen LogP contribution in [0.4, 0.5) is 0 Å². The zero-order valence-corrected chi connectivity index (χ0v) is 13.3. The predicted molar refractivity (Wildman–Crippen MR) is 83.1 cm³/mol. The lowest BCUT2D eigenvalue weighted by Crippen LogP contribution is -2.30. The van der Waals surface area contributed by atoms with Crippen LogP contribution in [0.5, 0.6) is 0 Å². The molecule has 1 saturated heterocycles. The molecule has 0 aliphatic carbocycles. The number of amides is 1. The predicted octanol–water partition coefficient (Wildman–Crippen LogP) is 2.19. The van der Waals surface area contributed by atoms with Gasteiger partial charge in [0.25, 0.3) is 5.91 Å². The van der Waals surface area contributed by atoms with E-state index in [1.807, 2.05) is 32.9 Å². The maximum Gasteiger partial charge on any atom is 0.290 e. The van der Waals surface area contributed by atoms with Crippen molar-refractivity contribution >= 4 is 16.9 Å². The van der Waals surface area contributed by atoms with Crippen molar-refractivity contribution in [2.75, 3.05) is 20.2 Å². The maximum atomic E-state index is 12.7. The molecular weight excluding hydrogens is 282 g/mol. The van der Waals surface area contributed by atoms with Crippen LogP contribution >= 0.6 is 0 Å². The third-order valence-corrected chi connectivity index (χ3v) is 4.50. The van der Waals surface area contributed by atoms with Crippen LogP contribution in [0.25, 0.3) is 11.0 Å². The number of aliphatic hydroxyl groups is 1. The fourth-order valence-corrected chi connectivity index (χ4v) is 3.18. The smallest absolute Gasteiger partial charge is 0.290 e. The van der Waals surface area contributed by atoms with Gasteiger partial charge in [-0.1, -0.05) is 12.1 Å². The second-order valence-electron chi connectivity index (χ2n) is 6.01. The largest absolute Gasteiger partial charge is 0.450 e. The number of aryl methyl sites for hydroxylation is 3. The Morgan fingerprint density at radius 3 is 2.55 bits per heavy atom. The van der Waals surface area contributed by atoms with Crippen molar-refractivity contribution in [2.24, 2.45) is 0 Å². The molecule has 0 spiro atoms. The molecule has 1 fully saturated rings. The first-order valence-corrected chi connectivity index (χ1v) is 7.43. The number of carbonyl (C=O) groups is 1. The van der Waals surface area contributed by atoms with Gasteiger partial charge in [-0.05, 0) is 31.9 Å². The average molecular weight is 303 g/mol. The van der Waals surface area contributed by atoms with Gasteiger partial charge in [0.2, 0.25) is 0 Å². The maximum absolute atomic E-state index is 12.7. The molecule has 1 amide bonds. The molecule has 0 radical (unpaired) electrons. The van der Waals surface area contributed by atoms with Crippen molar-refractivity contribution in [1.82, 2.24) is 4.90 Å². The molecule has 1 aromatic carbocycles. The highest BCUT2D eigenvalue weighted by Gasteiger charge is 2.36. The third kappa shape index (κ3) is 2.21. The number of methoxy groups -OCH3 is 1. The topological polar surface area (TPSA) is 62.9 Å². The van der Waals surface area contributed by atoms with E-state index >= 15 is 0 Å². The van der Waals surface area contributed by atoms with Crippen molar-refractivity contribution in [1.29, 1.82) is 0 Å². The molecule has 2 heterocycles. The lowest BCUT2D eigenvalue weighted by Gasteiger charge is -2.14. The molecule has 1 N–H and O–H groups in total. The summed E-state index contributed by atoms with van der Waals surface area (Å²) in [6.45, 7) is 6.54. The van der Waals surface area contributed by atoms with Crippen LogP contribution in [0, 0.1) is 20.8 Å². The number of rotatable bonds is 2. The van der Waals surface area contributed by atoms with Crippen molar-refractivity contribution in [3.8, 4) is 0 Å². The molecule has 0 bridgehead atoms. The Morgan fingerprint density at radius 2 is 1.95 bits per heavy atom. The molecule has 1 aliphatic rings. The van der Waals surface area contributed by atoms with Gasteiger partial charge < -0.3 is 19.2 Å². The number of hydrogen-bond donors (Lipinski definition) is 1. The molecule has 118 valence electrons. The van der Waals surface area contributed by atoms with Gasteiger partial charge in [0.05, 0.1) is 6.10 Å². The zero-order valence-electron chi connectivity index (χ0n) is 13.3. The standard InChI is InChI=1S/C17H21NO4/c1-9-5-6-10(2)15-14(9)11(3)16(22-15)17(20)18-7-12(19)13(8-18)21-4/h5-6,12-13,19H,7-8H2,1-4H3/t12-,13-/m1/s1. The summed E-state index contributed by atoms with van der Waals surface area (Å²) in [6, 6.07) is 4.03. The van der Waals surface area contributed by atoms with Crippen molar-refractivity contribution in [3.05, 3.63) is 34.6 Å². The fraction of sp³-hybridized carbons (Fsp3) is 0.471. The highest BCUT2D eigenvalue weighted by Crippen LogP contribution is 2.31. The molecule has 5 heteroatoms. The van der Waals surface area contributed by atoms with Gasteiger partial charge in [-0.3, -0.25) is 4.79 Å². The Labute approximate surface area is 129 Å². The molecule has 1 aliphatic heterocycles. The number of nitrogens with zero attached hydrogens (tertiary/aromatic N) is 1. The van der Waals surface area contributed by atoms with Crippen LogP contribution in [0.15, 0.2) is 16.5 Å². The Morgan fingerprint density at radius 1 is 1.27 bits per heavy atom. The van der Waals surface area contributed by atoms with Crippen molar-refractivity contribution < 1.29 is 19.1 Å². The summed E-state index contributed by atoms with van der Waals surface area (Å²) in [7, 11) is 1.54. The number of hydrogen-bond acceptors (Lipinski definition) is 4. The minimum absolute atomic E-state index is 0.189. The normalized spacial score (nSPS) is 21.8. The Bertz CT molecular complexity index is 734. The van der Waals surface area contributed by atoms with Gasteiger partial charge >= 0.3 is 0 Å². The SMILES string of the molecule is CO[C@@H]1CN(C(=O)c2oc3c(C)ccc(C)c3c2C)C[C@H]1O. The lowest BCUT2D eigenvalue weighted by molar-refractivity contribution is 0.0215. The van der Waals surface area contributed by atoms with Crippen LogP contribution < -0.4 is 0 Å². The van der Waals surface area contributed by atoms with E-state index in [4.69, 9.17) is 9.15 Å². The number of benzene rings is 1. The van der Waals surface area contributed by atoms with Gasteiger partial charge in [0.15, 0.2) is 5.76 Å². The molecule has 5 nitrogen and oxygen atoms in total. The van der Waals surface area contributed by atoms with E-state index in [9.17, 15) is 9.90 Å². The van der Waals surface area contributed by atoms with E-state index < -0.39 is 6.10 Å². The van der Waals surface area contributed by atoms with Crippen molar-refractivity contribution in [2.45, 2.75) is 33.0 Å². The first-order chi connectivity index (χ1) is 10.4. The summed E-state index contributed by atoms with van der Waals surface area (Å²) < 4.78 is 11.1.